The first-order valence-corrected chi connectivity index (χ1v) is 5.82. The predicted octanol–water partition coefficient (Wildman–Crippen LogP) is 1.63. The lowest BCUT2D eigenvalue weighted by atomic mass is 10.1. The second-order valence-corrected chi connectivity index (χ2v) is 4.19. The summed E-state index contributed by atoms with van der Waals surface area (Å²) in [5, 5.41) is 0. The molecule has 0 spiro atoms. The Morgan fingerprint density at radius 3 is 2.29 bits per heavy atom. The smallest absolute Gasteiger partial charge is 0.216 e. The molecule has 0 saturated heterocycles. The number of rotatable bonds is 2. The van der Waals surface area contributed by atoms with Crippen molar-refractivity contribution in [3.63, 3.8) is 0 Å². The Kier molecular flexibility index (Phi) is 2.55. The van der Waals surface area contributed by atoms with E-state index >= 15 is 0 Å². The van der Waals surface area contributed by atoms with Crippen molar-refractivity contribution in [2.45, 2.75) is 13.0 Å². The first kappa shape index (κ1) is 10.3. The Morgan fingerprint density at radius 1 is 1.06 bits per heavy atom. The minimum absolute atomic E-state index is 0.187. The number of hydrogen-bond acceptors (Lipinski definition) is 4. The van der Waals surface area contributed by atoms with E-state index in [9.17, 15) is 0 Å². The third kappa shape index (κ3) is 2.02. The van der Waals surface area contributed by atoms with Crippen LogP contribution in [0.15, 0.2) is 34.3 Å². The van der Waals surface area contributed by atoms with Crippen LogP contribution in [-0.2, 0) is 9.47 Å². The summed E-state index contributed by atoms with van der Waals surface area (Å²) in [5.41, 5.74) is 2.02. The van der Waals surface area contributed by atoms with Gasteiger partial charge in [-0.05, 0) is 31.2 Å². The van der Waals surface area contributed by atoms with Gasteiger partial charge in [0.05, 0.1) is 13.1 Å². The van der Waals surface area contributed by atoms with Crippen molar-refractivity contribution in [1.29, 1.82) is 0 Å². The molecule has 0 saturated carbocycles. The fourth-order valence-corrected chi connectivity index (χ4v) is 1.90. The summed E-state index contributed by atoms with van der Waals surface area (Å²) >= 11 is 0. The molecule has 0 radical (unpaired) electrons. The zero-order valence-corrected chi connectivity index (χ0v) is 9.72. The Hall–Kier alpha value is -1.84. The number of hydrogen-bond donors (Lipinski definition) is 0. The molecule has 17 heavy (non-hydrogen) atoms. The van der Waals surface area contributed by atoms with E-state index in [1.54, 1.807) is 0 Å². The molecule has 1 unspecified atom stereocenters. The van der Waals surface area contributed by atoms with Crippen LogP contribution in [0, 0.1) is 0 Å². The lowest BCUT2D eigenvalue weighted by Gasteiger charge is -2.06. The van der Waals surface area contributed by atoms with Crippen LogP contribution < -0.4 is 0 Å². The van der Waals surface area contributed by atoms with Gasteiger partial charge in [-0.1, -0.05) is 0 Å². The van der Waals surface area contributed by atoms with E-state index in [1.807, 2.05) is 31.2 Å². The highest BCUT2D eigenvalue weighted by Crippen LogP contribution is 2.14. The maximum Gasteiger partial charge on any atom is 0.216 e. The van der Waals surface area contributed by atoms with E-state index in [0.717, 1.165) is 36.0 Å². The van der Waals surface area contributed by atoms with Crippen LogP contribution in [0.1, 0.15) is 18.1 Å². The van der Waals surface area contributed by atoms with E-state index in [4.69, 9.17) is 9.47 Å². The van der Waals surface area contributed by atoms with Crippen molar-refractivity contribution in [2.75, 3.05) is 19.7 Å². The molecule has 88 valence electrons. The molecule has 1 aromatic rings. The topological polar surface area (TPSA) is 43.2 Å². The van der Waals surface area contributed by atoms with Gasteiger partial charge in [0.15, 0.2) is 0 Å². The van der Waals surface area contributed by atoms with Crippen LogP contribution in [0.4, 0.5) is 0 Å². The van der Waals surface area contributed by atoms with Gasteiger partial charge >= 0.3 is 0 Å². The van der Waals surface area contributed by atoms with Gasteiger partial charge in [0.25, 0.3) is 0 Å². The lowest BCUT2D eigenvalue weighted by molar-refractivity contribution is 0.246. The molecule has 0 amide bonds. The molecule has 0 N–H and O–H groups in total. The first-order valence-electron chi connectivity index (χ1n) is 5.82. The minimum atomic E-state index is 0.187. The number of nitrogens with zero attached hydrogens (tertiary/aromatic N) is 2. The van der Waals surface area contributed by atoms with E-state index in [-0.39, 0.29) is 6.10 Å². The van der Waals surface area contributed by atoms with Gasteiger partial charge in [-0.25, -0.2) is 9.98 Å². The molecule has 3 rings (SSSR count). The maximum absolute atomic E-state index is 5.60. The van der Waals surface area contributed by atoms with E-state index in [1.165, 1.54) is 0 Å². The predicted molar refractivity (Wildman–Crippen MR) is 65.7 cm³/mol. The number of ether oxygens (including phenoxy) is 2. The normalized spacial score (nSPS) is 22.8. The van der Waals surface area contributed by atoms with Gasteiger partial charge in [-0.15, -0.1) is 0 Å². The molecule has 2 aliphatic rings. The Balaban J connectivity index is 1.80. The molecule has 4 nitrogen and oxygen atoms in total. The van der Waals surface area contributed by atoms with Gasteiger partial charge in [0, 0.05) is 11.1 Å². The molecule has 4 heteroatoms. The quantitative estimate of drug-likeness (QED) is 0.775. The van der Waals surface area contributed by atoms with Crippen molar-refractivity contribution >= 4 is 11.8 Å². The summed E-state index contributed by atoms with van der Waals surface area (Å²) in [4.78, 5) is 8.63. The van der Waals surface area contributed by atoms with Crippen LogP contribution in [-0.4, -0.2) is 37.6 Å². The van der Waals surface area contributed by atoms with Crippen molar-refractivity contribution in [3.8, 4) is 0 Å². The van der Waals surface area contributed by atoms with Crippen LogP contribution in [0.3, 0.4) is 0 Å². The highest BCUT2D eigenvalue weighted by Gasteiger charge is 2.17. The average Bonchev–Trinajstić information content (AvgIpc) is 3.00. The average molecular weight is 230 g/mol. The summed E-state index contributed by atoms with van der Waals surface area (Å²) < 4.78 is 11.0. The summed E-state index contributed by atoms with van der Waals surface area (Å²) in [6.45, 7) is 4.20. The van der Waals surface area contributed by atoms with Crippen molar-refractivity contribution < 1.29 is 9.47 Å². The molecule has 0 bridgehead atoms. The summed E-state index contributed by atoms with van der Waals surface area (Å²) in [6, 6.07) is 7.98. The molecule has 0 aliphatic carbocycles. The lowest BCUT2D eigenvalue weighted by Crippen LogP contribution is -2.09. The van der Waals surface area contributed by atoms with Gasteiger partial charge in [-0.3, -0.25) is 0 Å². The molecule has 0 fully saturated rings. The van der Waals surface area contributed by atoms with Gasteiger partial charge in [0.1, 0.15) is 12.7 Å². The fourth-order valence-electron chi connectivity index (χ4n) is 1.90. The Labute approximate surface area is 100.0 Å². The van der Waals surface area contributed by atoms with Gasteiger partial charge < -0.3 is 9.47 Å². The van der Waals surface area contributed by atoms with Crippen LogP contribution >= 0.6 is 0 Å². The fraction of sp³-hybridized carbons (Fsp3) is 0.385. The zero-order chi connectivity index (χ0) is 11.7. The Bertz CT molecular complexity index is 477. The van der Waals surface area contributed by atoms with Crippen molar-refractivity contribution in [2.24, 2.45) is 9.98 Å². The molecule has 2 aliphatic heterocycles. The van der Waals surface area contributed by atoms with E-state index < -0.39 is 0 Å². The third-order valence-corrected chi connectivity index (χ3v) is 2.77. The molecule has 0 aromatic heterocycles. The summed E-state index contributed by atoms with van der Waals surface area (Å²) in [6.07, 6.45) is 0.187. The van der Waals surface area contributed by atoms with Gasteiger partial charge in [-0.2, -0.15) is 0 Å². The monoisotopic (exact) mass is 230 g/mol. The van der Waals surface area contributed by atoms with E-state index in [2.05, 4.69) is 9.98 Å². The highest BCUT2D eigenvalue weighted by atomic mass is 16.5. The largest absolute Gasteiger partial charge is 0.476 e. The van der Waals surface area contributed by atoms with Crippen LogP contribution in [0.2, 0.25) is 0 Å². The number of aliphatic imine (C=N–C) groups is 2. The molecular formula is C13H14N2O2. The Morgan fingerprint density at radius 2 is 1.76 bits per heavy atom. The highest BCUT2D eigenvalue weighted by molar-refractivity contribution is 5.98. The van der Waals surface area contributed by atoms with Crippen molar-refractivity contribution in [1.82, 2.24) is 0 Å². The molecule has 1 atom stereocenters. The zero-order valence-electron chi connectivity index (χ0n) is 9.72. The van der Waals surface area contributed by atoms with E-state index in [0.29, 0.717) is 6.61 Å². The standard InChI is InChI=1S/C13H14N2O2/c1-9-8-15-13(17-9)11-4-2-10(3-5-11)12-14-6-7-16-12/h2-5,9H,6-8H2,1H3. The second kappa shape index (κ2) is 4.20. The minimum Gasteiger partial charge on any atom is -0.476 e. The van der Waals surface area contributed by atoms with Crippen molar-refractivity contribution in [3.05, 3.63) is 35.4 Å². The molecular weight excluding hydrogens is 216 g/mol. The van der Waals surface area contributed by atoms with Crippen LogP contribution in [0.5, 0.6) is 0 Å². The second-order valence-electron chi connectivity index (χ2n) is 4.19. The SMILES string of the molecule is CC1CN=C(c2ccc(C3=NCCO3)cc2)O1. The summed E-state index contributed by atoms with van der Waals surface area (Å²) in [7, 11) is 0. The first-order chi connectivity index (χ1) is 8.33. The summed E-state index contributed by atoms with van der Waals surface area (Å²) in [5.74, 6) is 1.47. The maximum atomic E-state index is 5.60. The number of benzene rings is 1. The molecule has 2 heterocycles. The molecule has 1 aromatic carbocycles. The van der Waals surface area contributed by atoms with Crippen LogP contribution in [0.25, 0.3) is 0 Å². The van der Waals surface area contributed by atoms with Gasteiger partial charge in [0.2, 0.25) is 11.8 Å². The third-order valence-electron chi connectivity index (χ3n) is 2.77.